The Morgan fingerprint density at radius 1 is 0.435 bits per heavy atom. The van der Waals surface area contributed by atoms with Gasteiger partial charge in [0.05, 0.1) is 0 Å². The van der Waals surface area contributed by atoms with Crippen molar-refractivity contribution >= 4 is 0 Å². The number of hydrogen-bond acceptors (Lipinski definition) is 1. The number of pyridine rings is 1. The van der Waals surface area contributed by atoms with Crippen LogP contribution in [0.4, 0.5) is 0 Å². The predicted octanol–water partition coefficient (Wildman–Crippen LogP) is 17.1. The third-order valence-corrected chi connectivity index (χ3v) is 13.3. The van der Waals surface area contributed by atoms with Crippen LogP contribution in [0.3, 0.4) is 0 Å². The molecular weight excluding hydrogens is 927 g/mol. The zero-order valence-electron chi connectivity index (χ0n) is 37.1. The van der Waals surface area contributed by atoms with E-state index in [1.54, 1.807) is 0 Å². The van der Waals surface area contributed by atoms with Crippen LogP contribution in [0.2, 0.25) is 0 Å². The third kappa shape index (κ3) is 10.8. The molecule has 1 aromatic heterocycles. The molecule has 319 valence electrons. The van der Waals surface area contributed by atoms with Crippen LogP contribution in [0.1, 0.15) is 126 Å². The van der Waals surface area contributed by atoms with Crippen molar-refractivity contribution < 1.29 is 20.1 Å². The molecule has 0 aliphatic heterocycles. The van der Waals surface area contributed by atoms with Gasteiger partial charge in [-0.1, -0.05) is 217 Å². The summed E-state index contributed by atoms with van der Waals surface area (Å²) in [4.78, 5) is 5.10. The fourth-order valence-electron chi connectivity index (χ4n) is 9.95. The van der Waals surface area contributed by atoms with Gasteiger partial charge in [0.15, 0.2) is 0 Å². The van der Waals surface area contributed by atoms with E-state index in [9.17, 15) is 0 Å². The van der Waals surface area contributed by atoms with Gasteiger partial charge in [0.25, 0.3) is 0 Å². The van der Waals surface area contributed by atoms with Crippen molar-refractivity contribution in [3.63, 3.8) is 0 Å². The molecule has 1 nitrogen and oxygen atoms in total. The molecule has 0 fully saturated rings. The van der Waals surface area contributed by atoms with E-state index in [-0.39, 0.29) is 25.5 Å². The van der Waals surface area contributed by atoms with Crippen LogP contribution < -0.4 is 0 Å². The van der Waals surface area contributed by atoms with Gasteiger partial charge in [-0.05, 0) is 106 Å². The third-order valence-electron chi connectivity index (χ3n) is 13.3. The summed E-state index contributed by atoms with van der Waals surface area (Å²) in [5.41, 5.74) is 18.1. The Morgan fingerprint density at radius 2 is 0.984 bits per heavy atom. The normalized spacial score (nSPS) is 12.4. The molecule has 1 aliphatic rings. The van der Waals surface area contributed by atoms with Crippen molar-refractivity contribution in [2.24, 2.45) is 0 Å². The SMILES string of the molecule is CCCCCCC1(CCCCCC)c2ccccc2-c2c[c-]c(-c3ccc(-c4cccc(-c5cccc(-c6cccc(CCCCCCc7ccccc7)c6)c5)c4)cn3)cc21.[Ir]. The van der Waals surface area contributed by atoms with Crippen LogP contribution in [0.25, 0.3) is 55.8 Å². The minimum atomic E-state index is 0. The maximum absolute atomic E-state index is 5.10. The standard InChI is InChI=1S/C60H64N.Ir/c1-3-5-7-18-39-60(40-19-8-6-4-2)57-34-17-16-33-55(57)56-37-35-53(44-58(56)60)59-38-36-54(45-61-59)52-32-22-31-51(43-52)50-30-21-29-49(42-50)48-28-20-27-47(41-48)26-13-10-9-12-23-46-24-14-11-15-25-46;/h11,14-17,20-22,24-25,27-34,36-38,41-45H,3-10,12-13,18-19,23,26,39-40H2,1-2H3;/q-1;. The van der Waals surface area contributed by atoms with E-state index in [1.807, 2.05) is 0 Å². The average molecular weight is 991 g/mol. The number of aryl methyl sites for hydroxylation is 2. The van der Waals surface area contributed by atoms with E-state index in [0.717, 1.165) is 23.2 Å². The van der Waals surface area contributed by atoms with Crippen LogP contribution in [-0.2, 0) is 38.4 Å². The van der Waals surface area contributed by atoms with Gasteiger partial charge in [-0.2, -0.15) is 0 Å². The molecule has 6 aromatic carbocycles. The number of nitrogens with zero attached hydrogens (tertiary/aromatic N) is 1. The van der Waals surface area contributed by atoms with E-state index in [2.05, 4.69) is 178 Å². The van der Waals surface area contributed by atoms with Crippen molar-refractivity contribution in [2.75, 3.05) is 0 Å². The summed E-state index contributed by atoms with van der Waals surface area (Å²) >= 11 is 0. The molecule has 0 amide bonds. The van der Waals surface area contributed by atoms with Gasteiger partial charge in [-0.25, -0.2) is 0 Å². The Hall–Kier alpha value is -4.88. The van der Waals surface area contributed by atoms with Gasteiger partial charge in [0.1, 0.15) is 0 Å². The topological polar surface area (TPSA) is 12.9 Å². The molecule has 1 radical (unpaired) electrons. The minimum Gasteiger partial charge on any atom is -0.304 e. The molecule has 0 N–H and O–H groups in total. The summed E-state index contributed by atoms with van der Waals surface area (Å²) in [6.07, 6.45) is 22.1. The Labute approximate surface area is 386 Å². The van der Waals surface area contributed by atoms with Crippen molar-refractivity contribution in [2.45, 2.75) is 122 Å². The molecular formula is C60H64IrN-. The fraction of sp³-hybridized carbons (Fsp3) is 0.317. The predicted molar refractivity (Wildman–Crippen MR) is 261 cm³/mol. The quantitative estimate of drug-likeness (QED) is 0.0516. The minimum absolute atomic E-state index is 0. The number of benzene rings is 6. The summed E-state index contributed by atoms with van der Waals surface area (Å²) in [5, 5.41) is 0. The molecule has 8 rings (SSSR count). The van der Waals surface area contributed by atoms with Gasteiger partial charge in [-0.3, -0.25) is 0 Å². The molecule has 0 spiro atoms. The molecule has 0 bridgehead atoms. The molecule has 62 heavy (non-hydrogen) atoms. The molecule has 0 saturated heterocycles. The zero-order valence-corrected chi connectivity index (χ0v) is 39.5. The van der Waals surface area contributed by atoms with Gasteiger partial charge >= 0.3 is 0 Å². The molecule has 0 unspecified atom stereocenters. The number of unbranched alkanes of at least 4 members (excludes halogenated alkanes) is 9. The Balaban J connectivity index is 0.00000578. The van der Waals surface area contributed by atoms with Crippen LogP contribution >= 0.6 is 0 Å². The fourth-order valence-corrected chi connectivity index (χ4v) is 9.95. The number of hydrogen-bond donors (Lipinski definition) is 0. The second-order valence-corrected chi connectivity index (χ2v) is 17.6. The Kier molecular flexibility index (Phi) is 16.4. The second-order valence-electron chi connectivity index (χ2n) is 17.6. The number of rotatable bonds is 21. The van der Waals surface area contributed by atoms with Gasteiger partial charge in [-0.15, -0.1) is 29.3 Å². The largest absolute Gasteiger partial charge is 0.304 e. The van der Waals surface area contributed by atoms with Gasteiger partial charge in [0, 0.05) is 31.7 Å². The second kappa shape index (κ2) is 22.5. The summed E-state index contributed by atoms with van der Waals surface area (Å²) in [6.45, 7) is 4.63. The summed E-state index contributed by atoms with van der Waals surface area (Å²) in [6, 6.07) is 60.1. The molecule has 1 aliphatic carbocycles. The summed E-state index contributed by atoms with van der Waals surface area (Å²) in [7, 11) is 0. The first kappa shape index (κ1) is 45.2. The zero-order chi connectivity index (χ0) is 41.7. The molecule has 0 atom stereocenters. The van der Waals surface area contributed by atoms with E-state index in [1.165, 1.54) is 158 Å². The monoisotopic (exact) mass is 991 g/mol. The summed E-state index contributed by atoms with van der Waals surface area (Å²) in [5.74, 6) is 0. The number of aromatic nitrogens is 1. The Bertz CT molecular complexity index is 2450. The van der Waals surface area contributed by atoms with E-state index in [4.69, 9.17) is 4.98 Å². The molecule has 1 heterocycles. The van der Waals surface area contributed by atoms with Crippen LogP contribution in [0.5, 0.6) is 0 Å². The van der Waals surface area contributed by atoms with Crippen molar-refractivity contribution in [1.29, 1.82) is 0 Å². The molecule has 7 aromatic rings. The van der Waals surface area contributed by atoms with Crippen molar-refractivity contribution in [1.82, 2.24) is 4.98 Å². The van der Waals surface area contributed by atoms with E-state index < -0.39 is 0 Å². The smallest absolute Gasteiger partial charge is 0.0239 e. The Morgan fingerprint density at radius 3 is 1.61 bits per heavy atom. The van der Waals surface area contributed by atoms with E-state index in [0.29, 0.717) is 0 Å². The first-order valence-corrected chi connectivity index (χ1v) is 23.6. The van der Waals surface area contributed by atoms with Crippen LogP contribution in [0.15, 0.2) is 158 Å². The maximum atomic E-state index is 5.10. The number of fused-ring (bicyclic) bond motifs is 3. The first-order valence-electron chi connectivity index (χ1n) is 23.6. The van der Waals surface area contributed by atoms with Gasteiger partial charge in [0.2, 0.25) is 0 Å². The van der Waals surface area contributed by atoms with Crippen LogP contribution in [-0.4, -0.2) is 4.98 Å². The van der Waals surface area contributed by atoms with Crippen molar-refractivity contribution in [3.8, 4) is 55.8 Å². The average Bonchev–Trinajstić information content (AvgIpc) is 3.59. The van der Waals surface area contributed by atoms with E-state index >= 15 is 0 Å². The molecule has 0 saturated carbocycles. The first-order chi connectivity index (χ1) is 30.1. The van der Waals surface area contributed by atoms with Crippen molar-refractivity contribution in [3.05, 3.63) is 186 Å². The maximum Gasteiger partial charge on any atom is 0.0239 e. The van der Waals surface area contributed by atoms with Crippen LogP contribution in [0, 0.1) is 6.07 Å². The summed E-state index contributed by atoms with van der Waals surface area (Å²) < 4.78 is 0. The molecule has 2 heteroatoms. The van der Waals surface area contributed by atoms with Gasteiger partial charge < -0.3 is 4.98 Å².